The molecule has 0 aliphatic carbocycles. The molecule has 2 rings (SSSR count). The quantitative estimate of drug-likeness (QED) is 0.888. The molecule has 0 atom stereocenters. The van der Waals surface area contributed by atoms with Gasteiger partial charge in [0.25, 0.3) is 0 Å². The Morgan fingerprint density at radius 1 is 1.04 bits per heavy atom. The fourth-order valence-electron chi connectivity index (χ4n) is 2.88. The van der Waals surface area contributed by atoms with Crippen LogP contribution in [0.3, 0.4) is 0 Å². The van der Waals surface area contributed by atoms with Crippen molar-refractivity contribution >= 4 is 23.2 Å². The zero-order valence-corrected chi connectivity index (χ0v) is 15.0. The van der Waals surface area contributed by atoms with E-state index in [4.69, 9.17) is 0 Å². The average molecular weight is 342 g/mol. The second-order valence-corrected chi connectivity index (χ2v) is 6.22. The summed E-state index contributed by atoms with van der Waals surface area (Å²) in [5.74, 6) is -0.721. The summed E-state index contributed by atoms with van der Waals surface area (Å²) in [6.45, 7) is 7.58. The van der Waals surface area contributed by atoms with Crippen LogP contribution in [-0.4, -0.2) is 18.4 Å². The Balaban J connectivity index is 2.05. The molecule has 0 radical (unpaired) electrons. The number of benzene rings is 2. The molecule has 0 saturated carbocycles. The lowest BCUT2D eigenvalue weighted by molar-refractivity contribution is -0.117. The number of nitrogens with one attached hydrogen (secondary N) is 1. The molecule has 2 amide bonds. The van der Waals surface area contributed by atoms with Gasteiger partial charge in [-0.05, 0) is 56.2 Å². The molecule has 0 aliphatic rings. The SMILES string of the molecule is CC(=O)N(CCC(=O)Nc1c(C)cc(C)cc1C)c1ccc(F)cc1. The second-order valence-electron chi connectivity index (χ2n) is 6.22. The molecular formula is C20H23FN2O2. The number of halogens is 1. The van der Waals surface area contributed by atoms with Gasteiger partial charge in [0.1, 0.15) is 5.82 Å². The van der Waals surface area contributed by atoms with E-state index in [2.05, 4.69) is 5.32 Å². The van der Waals surface area contributed by atoms with Crippen molar-refractivity contribution in [3.63, 3.8) is 0 Å². The first-order valence-electron chi connectivity index (χ1n) is 8.19. The Labute approximate surface area is 147 Å². The molecule has 4 nitrogen and oxygen atoms in total. The highest BCUT2D eigenvalue weighted by Crippen LogP contribution is 2.22. The average Bonchev–Trinajstić information content (AvgIpc) is 2.52. The zero-order valence-electron chi connectivity index (χ0n) is 15.0. The first-order valence-corrected chi connectivity index (χ1v) is 8.19. The molecule has 2 aromatic rings. The standard InChI is InChI=1S/C20H23FN2O2/c1-13-11-14(2)20(15(3)12-13)22-19(25)9-10-23(16(4)24)18-7-5-17(21)6-8-18/h5-8,11-12H,9-10H2,1-4H3,(H,22,25). The smallest absolute Gasteiger partial charge is 0.226 e. The van der Waals surface area contributed by atoms with E-state index in [0.29, 0.717) is 5.69 Å². The molecule has 0 bridgehead atoms. The number of amides is 2. The molecule has 0 aliphatic heterocycles. The van der Waals surface area contributed by atoms with Gasteiger partial charge in [-0.1, -0.05) is 17.7 Å². The predicted octanol–water partition coefficient (Wildman–Crippen LogP) is 4.13. The van der Waals surface area contributed by atoms with Crippen molar-refractivity contribution in [3.8, 4) is 0 Å². The predicted molar refractivity (Wildman–Crippen MR) is 98.3 cm³/mol. The van der Waals surface area contributed by atoms with Gasteiger partial charge in [0.05, 0.1) is 0 Å². The van der Waals surface area contributed by atoms with Gasteiger partial charge < -0.3 is 10.2 Å². The van der Waals surface area contributed by atoms with E-state index in [-0.39, 0.29) is 30.6 Å². The number of carbonyl (C=O) groups is 2. The van der Waals surface area contributed by atoms with Crippen molar-refractivity contribution in [2.24, 2.45) is 0 Å². The van der Waals surface area contributed by atoms with E-state index < -0.39 is 0 Å². The molecule has 132 valence electrons. The monoisotopic (exact) mass is 342 g/mol. The van der Waals surface area contributed by atoms with Gasteiger partial charge in [0, 0.05) is 31.3 Å². The van der Waals surface area contributed by atoms with Crippen LogP contribution in [0.2, 0.25) is 0 Å². The molecule has 0 spiro atoms. The molecule has 0 saturated heterocycles. The summed E-state index contributed by atoms with van der Waals surface area (Å²) in [5, 5.41) is 2.92. The minimum atomic E-state index is -0.365. The van der Waals surface area contributed by atoms with Gasteiger partial charge in [-0.3, -0.25) is 9.59 Å². The van der Waals surface area contributed by atoms with Crippen molar-refractivity contribution in [1.82, 2.24) is 0 Å². The van der Waals surface area contributed by atoms with Crippen LogP contribution in [0.25, 0.3) is 0 Å². The number of rotatable bonds is 5. The summed E-state index contributed by atoms with van der Waals surface area (Å²) in [4.78, 5) is 25.6. The van der Waals surface area contributed by atoms with Crippen LogP contribution >= 0.6 is 0 Å². The molecule has 5 heteroatoms. The van der Waals surface area contributed by atoms with Crippen LogP contribution in [0.15, 0.2) is 36.4 Å². The maximum absolute atomic E-state index is 13.0. The third kappa shape index (κ3) is 4.89. The highest BCUT2D eigenvalue weighted by Gasteiger charge is 2.15. The van der Waals surface area contributed by atoms with Crippen LogP contribution in [0, 0.1) is 26.6 Å². The number of carbonyl (C=O) groups excluding carboxylic acids is 2. The van der Waals surface area contributed by atoms with E-state index >= 15 is 0 Å². The first-order chi connectivity index (χ1) is 11.8. The minimum absolute atomic E-state index is 0.156. The lowest BCUT2D eigenvalue weighted by atomic mass is 10.0. The van der Waals surface area contributed by atoms with Gasteiger partial charge in [0.15, 0.2) is 0 Å². The third-order valence-electron chi connectivity index (χ3n) is 4.02. The number of hydrogen-bond acceptors (Lipinski definition) is 2. The lowest BCUT2D eigenvalue weighted by Crippen LogP contribution is -2.32. The third-order valence-corrected chi connectivity index (χ3v) is 4.02. The molecule has 25 heavy (non-hydrogen) atoms. The molecule has 1 N–H and O–H groups in total. The number of nitrogens with zero attached hydrogens (tertiary/aromatic N) is 1. The molecule has 0 aromatic heterocycles. The van der Waals surface area contributed by atoms with Crippen LogP contribution in [-0.2, 0) is 9.59 Å². The Hall–Kier alpha value is -2.69. The fraction of sp³-hybridized carbons (Fsp3) is 0.300. The van der Waals surface area contributed by atoms with Gasteiger partial charge >= 0.3 is 0 Å². The van der Waals surface area contributed by atoms with Crippen LogP contribution in [0.1, 0.15) is 30.0 Å². The lowest BCUT2D eigenvalue weighted by Gasteiger charge is -2.21. The van der Waals surface area contributed by atoms with Crippen molar-refractivity contribution in [2.75, 3.05) is 16.8 Å². The highest BCUT2D eigenvalue weighted by molar-refractivity contribution is 5.95. The second kappa shape index (κ2) is 7.92. The van der Waals surface area contributed by atoms with Crippen molar-refractivity contribution < 1.29 is 14.0 Å². The maximum atomic E-state index is 13.0. The Kier molecular flexibility index (Phi) is 5.91. The molecule has 0 fully saturated rings. The van der Waals surface area contributed by atoms with Crippen LogP contribution in [0.5, 0.6) is 0 Å². The summed E-state index contributed by atoms with van der Waals surface area (Å²) in [6, 6.07) is 9.69. The number of anilines is 2. The van der Waals surface area contributed by atoms with Gasteiger partial charge in [-0.2, -0.15) is 0 Å². The Morgan fingerprint density at radius 2 is 1.60 bits per heavy atom. The first kappa shape index (κ1) is 18.6. The summed E-state index contributed by atoms with van der Waals surface area (Å²) < 4.78 is 13.0. The van der Waals surface area contributed by atoms with Crippen LogP contribution < -0.4 is 10.2 Å². The van der Waals surface area contributed by atoms with E-state index in [1.807, 2.05) is 32.9 Å². The van der Waals surface area contributed by atoms with Crippen molar-refractivity contribution in [2.45, 2.75) is 34.1 Å². The van der Waals surface area contributed by atoms with E-state index in [9.17, 15) is 14.0 Å². The highest BCUT2D eigenvalue weighted by atomic mass is 19.1. The Bertz CT molecular complexity index is 762. The molecule has 2 aromatic carbocycles. The number of aryl methyl sites for hydroxylation is 3. The van der Waals surface area contributed by atoms with Gasteiger partial charge in [-0.15, -0.1) is 0 Å². The van der Waals surface area contributed by atoms with E-state index in [0.717, 1.165) is 22.4 Å². The zero-order chi connectivity index (χ0) is 18.6. The van der Waals surface area contributed by atoms with Crippen molar-refractivity contribution in [1.29, 1.82) is 0 Å². The van der Waals surface area contributed by atoms with Crippen molar-refractivity contribution in [3.05, 3.63) is 58.9 Å². The fourth-order valence-corrected chi connectivity index (χ4v) is 2.88. The van der Waals surface area contributed by atoms with Gasteiger partial charge in [-0.25, -0.2) is 4.39 Å². The number of hydrogen-bond donors (Lipinski definition) is 1. The maximum Gasteiger partial charge on any atom is 0.226 e. The van der Waals surface area contributed by atoms with Gasteiger partial charge in [0.2, 0.25) is 11.8 Å². The summed E-state index contributed by atoms with van der Waals surface area (Å²) in [7, 11) is 0. The minimum Gasteiger partial charge on any atom is -0.326 e. The molecular weight excluding hydrogens is 319 g/mol. The van der Waals surface area contributed by atoms with E-state index in [1.165, 1.54) is 36.1 Å². The molecule has 0 unspecified atom stereocenters. The molecule has 0 heterocycles. The topological polar surface area (TPSA) is 49.4 Å². The summed E-state index contributed by atoms with van der Waals surface area (Å²) in [5.41, 5.74) is 4.55. The Morgan fingerprint density at radius 3 is 2.12 bits per heavy atom. The van der Waals surface area contributed by atoms with E-state index in [1.54, 1.807) is 0 Å². The largest absolute Gasteiger partial charge is 0.326 e. The van der Waals surface area contributed by atoms with Crippen LogP contribution in [0.4, 0.5) is 15.8 Å². The summed E-state index contributed by atoms with van der Waals surface area (Å²) >= 11 is 0. The summed E-state index contributed by atoms with van der Waals surface area (Å²) in [6.07, 6.45) is 0.156. The normalized spacial score (nSPS) is 10.4.